The molecule has 0 bridgehead atoms. The Kier molecular flexibility index (Phi) is 7.53. The fourth-order valence-corrected chi connectivity index (χ4v) is 4.26. The maximum absolute atomic E-state index is 13.4. The Hall–Kier alpha value is -4.53. The van der Waals surface area contributed by atoms with Gasteiger partial charge in [-0.1, -0.05) is 23.4 Å². The van der Waals surface area contributed by atoms with E-state index >= 15 is 0 Å². The van der Waals surface area contributed by atoms with Gasteiger partial charge in [-0.05, 0) is 43.7 Å². The first-order valence-corrected chi connectivity index (χ1v) is 12.8. The number of anilines is 3. The number of rotatable bonds is 10. The van der Waals surface area contributed by atoms with E-state index in [4.69, 9.17) is 15.0 Å². The molecule has 39 heavy (non-hydrogen) atoms. The molecule has 1 amide bonds. The lowest BCUT2D eigenvalue weighted by atomic mass is 10.1. The number of hydrogen-bond donors (Lipinski definition) is 3. The van der Waals surface area contributed by atoms with Gasteiger partial charge in [-0.3, -0.25) is 14.2 Å². The number of benzene rings is 2. The van der Waals surface area contributed by atoms with Crippen molar-refractivity contribution in [1.82, 2.24) is 14.9 Å². The third kappa shape index (κ3) is 5.98. The summed E-state index contributed by atoms with van der Waals surface area (Å²) >= 11 is 0. The number of aromatic nitrogens is 3. The molecule has 0 unspecified atom stereocenters. The van der Waals surface area contributed by atoms with Crippen molar-refractivity contribution in [2.24, 2.45) is 12.8 Å². The fraction of sp³-hybridized carbons (Fsp3) is 0.208. The van der Waals surface area contributed by atoms with Gasteiger partial charge in [0.25, 0.3) is 15.9 Å². The minimum Gasteiger partial charge on any atom is -0.484 e. The van der Waals surface area contributed by atoms with Crippen molar-refractivity contribution in [3.63, 3.8) is 0 Å². The van der Waals surface area contributed by atoms with Gasteiger partial charge in [-0.25, -0.2) is 12.8 Å². The highest BCUT2D eigenvalue weighted by atomic mass is 32.2. The van der Waals surface area contributed by atoms with Crippen LogP contribution in [0.15, 0.2) is 53.1 Å². The van der Waals surface area contributed by atoms with Crippen LogP contribution in [-0.2, 0) is 17.1 Å². The number of alkyl halides is 2. The van der Waals surface area contributed by atoms with E-state index in [1.54, 1.807) is 27.0 Å². The predicted molar refractivity (Wildman–Crippen MR) is 136 cm³/mol. The molecule has 0 aliphatic rings. The van der Waals surface area contributed by atoms with Gasteiger partial charge in [0.1, 0.15) is 40.5 Å². The Morgan fingerprint density at radius 1 is 1.15 bits per heavy atom. The Bertz CT molecular complexity index is 1620. The number of hydrogen-bond acceptors (Lipinski definition) is 8. The first-order valence-electron chi connectivity index (χ1n) is 11.3. The summed E-state index contributed by atoms with van der Waals surface area (Å²) in [5.74, 6) is -4.18. The summed E-state index contributed by atoms with van der Waals surface area (Å²) in [6.07, 6.45) is -0.761. The van der Waals surface area contributed by atoms with Gasteiger partial charge in [-0.2, -0.15) is 13.9 Å². The van der Waals surface area contributed by atoms with Crippen molar-refractivity contribution >= 4 is 33.3 Å². The van der Waals surface area contributed by atoms with Gasteiger partial charge in [-0.15, -0.1) is 0 Å². The first kappa shape index (κ1) is 27.5. The van der Waals surface area contributed by atoms with E-state index in [2.05, 4.69) is 15.6 Å². The molecule has 0 radical (unpaired) electrons. The summed E-state index contributed by atoms with van der Waals surface area (Å²) in [6, 6.07) is 10.8. The second-order valence-electron chi connectivity index (χ2n) is 8.44. The number of nitrogens with two attached hydrogens (primary N) is 1. The Balaban J connectivity index is 1.79. The number of primary amides is 1. The van der Waals surface area contributed by atoms with Crippen LogP contribution < -0.4 is 20.5 Å². The number of aryl methyl sites for hydroxylation is 2. The molecular formula is C24H23F3N6O5S. The molecule has 0 saturated heterocycles. The molecule has 0 aliphatic heterocycles. The number of carbonyl (C=O) groups is 1. The normalized spacial score (nSPS) is 12.4. The molecule has 206 valence electrons. The lowest BCUT2D eigenvalue weighted by Gasteiger charge is -2.19. The summed E-state index contributed by atoms with van der Waals surface area (Å²) in [5.41, 5.74) is 6.21. The van der Waals surface area contributed by atoms with Crippen LogP contribution in [0.4, 0.5) is 30.5 Å². The van der Waals surface area contributed by atoms with Crippen molar-refractivity contribution in [3.8, 4) is 17.0 Å². The summed E-state index contributed by atoms with van der Waals surface area (Å²) in [7, 11) is -3.50. The Labute approximate surface area is 220 Å². The van der Waals surface area contributed by atoms with Crippen LogP contribution in [0, 0.1) is 12.7 Å². The molecule has 4 aromatic rings. The Morgan fingerprint density at radius 2 is 1.85 bits per heavy atom. The van der Waals surface area contributed by atoms with Crippen LogP contribution in [-0.4, -0.2) is 35.0 Å². The molecule has 1 atom stereocenters. The Morgan fingerprint density at radius 3 is 2.44 bits per heavy atom. The molecule has 4 N–H and O–H groups in total. The second kappa shape index (κ2) is 10.7. The van der Waals surface area contributed by atoms with Gasteiger partial charge in [0.15, 0.2) is 5.82 Å². The molecule has 0 saturated carbocycles. The van der Waals surface area contributed by atoms with E-state index in [9.17, 15) is 26.4 Å². The van der Waals surface area contributed by atoms with Gasteiger partial charge in [0.2, 0.25) is 0 Å². The van der Waals surface area contributed by atoms with Crippen LogP contribution in [0.1, 0.15) is 34.7 Å². The van der Waals surface area contributed by atoms with Crippen molar-refractivity contribution < 1.29 is 35.6 Å². The molecular weight excluding hydrogens is 541 g/mol. The number of nitrogens with zero attached hydrogens (tertiary/aromatic N) is 3. The van der Waals surface area contributed by atoms with Crippen molar-refractivity contribution in [1.29, 1.82) is 0 Å². The molecule has 0 spiro atoms. The average molecular weight is 565 g/mol. The smallest absolute Gasteiger partial charge is 0.355 e. The lowest BCUT2D eigenvalue weighted by Crippen LogP contribution is -2.21. The van der Waals surface area contributed by atoms with Crippen LogP contribution in [0.25, 0.3) is 11.3 Å². The molecule has 2 heterocycles. The molecule has 15 heteroatoms. The molecule has 2 aromatic heterocycles. The van der Waals surface area contributed by atoms with Crippen molar-refractivity contribution in [2.45, 2.75) is 25.7 Å². The van der Waals surface area contributed by atoms with E-state index in [1.807, 2.05) is 4.72 Å². The maximum Gasteiger partial charge on any atom is 0.355 e. The molecule has 0 fully saturated rings. The number of ether oxygens (including phenoxy) is 1. The minimum absolute atomic E-state index is 0.0309. The topological polar surface area (TPSA) is 154 Å². The predicted octanol–water partition coefficient (Wildman–Crippen LogP) is 4.47. The summed E-state index contributed by atoms with van der Waals surface area (Å²) in [6.45, 7) is 3.28. The third-order valence-corrected chi connectivity index (χ3v) is 6.53. The second-order valence-corrected chi connectivity index (χ2v) is 10.1. The van der Waals surface area contributed by atoms with Crippen LogP contribution in [0.3, 0.4) is 0 Å². The molecule has 2 aromatic carbocycles. The zero-order chi connectivity index (χ0) is 28.5. The van der Waals surface area contributed by atoms with Gasteiger partial charge < -0.3 is 20.3 Å². The summed E-state index contributed by atoms with van der Waals surface area (Å²) < 4.78 is 77.5. The van der Waals surface area contributed by atoms with Crippen molar-refractivity contribution in [3.05, 3.63) is 71.2 Å². The lowest BCUT2D eigenvalue weighted by molar-refractivity contribution is 0.100. The molecule has 0 aliphatic carbocycles. The van der Waals surface area contributed by atoms with Gasteiger partial charge in [0, 0.05) is 18.7 Å². The van der Waals surface area contributed by atoms with E-state index in [0.29, 0.717) is 17.1 Å². The largest absolute Gasteiger partial charge is 0.484 e. The number of carbonyl (C=O) groups excluding carboxylic acids is 1. The first-order chi connectivity index (χ1) is 18.4. The number of nitrogens with one attached hydrogen (secondary N) is 2. The molecule has 11 nitrogen and oxygen atoms in total. The highest BCUT2D eigenvalue weighted by Crippen LogP contribution is 2.37. The van der Waals surface area contributed by atoms with E-state index in [0.717, 1.165) is 0 Å². The van der Waals surface area contributed by atoms with Crippen molar-refractivity contribution in [2.75, 3.05) is 10.0 Å². The monoisotopic (exact) mass is 564 g/mol. The van der Waals surface area contributed by atoms with Crippen LogP contribution in [0.2, 0.25) is 0 Å². The third-order valence-electron chi connectivity index (χ3n) is 5.55. The standard InChI is InChI=1S/C24H23F3N6O5S/c1-12-10-19(31-38-12)29-23-20(22(28)34)21(30-33(23)3)15-6-9-17(32-39(35,36)24(26)27)18(11-15)37-13(2)14-4-7-16(25)8-5-14/h4-11,13,24,32H,1-3H3,(H2,28,34)(H,29,31)/t13-/m0/s1. The SMILES string of the molecule is Cc1cc(Nc2c(C(N)=O)c(-c3ccc(NS(=O)(=O)C(F)F)c(O[C@@H](C)c4ccc(F)cc4)c3)nn2C)no1. The fourth-order valence-electron chi connectivity index (χ4n) is 3.69. The number of sulfonamides is 1. The highest BCUT2D eigenvalue weighted by Gasteiger charge is 2.28. The molecule has 4 rings (SSSR count). The number of amides is 1. The van der Waals surface area contributed by atoms with Gasteiger partial charge in [0.05, 0.1) is 5.69 Å². The number of halogens is 3. The maximum atomic E-state index is 13.4. The zero-order valence-corrected chi connectivity index (χ0v) is 21.6. The summed E-state index contributed by atoms with van der Waals surface area (Å²) in [4.78, 5) is 12.5. The van der Waals surface area contributed by atoms with E-state index in [1.165, 1.54) is 47.1 Å². The zero-order valence-electron chi connectivity index (χ0n) is 20.8. The van der Waals surface area contributed by atoms with Crippen LogP contribution in [0.5, 0.6) is 5.75 Å². The van der Waals surface area contributed by atoms with E-state index < -0.39 is 33.6 Å². The quantitative estimate of drug-likeness (QED) is 0.255. The minimum atomic E-state index is -5.05. The van der Waals surface area contributed by atoms with E-state index in [-0.39, 0.29) is 34.1 Å². The highest BCUT2D eigenvalue weighted by molar-refractivity contribution is 7.93. The van der Waals surface area contributed by atoms with Crippen LogP contribution >= 0.6 is 0 Å². The average Bonchev–Trinajstić information content (AvgIpc) is 3.42. The summed E-state index contributed by atoms with van der Waals surface area (Å²) in [5, 5.41) is 11.1. The van der Waals surface area contributed by atoms with Gasteiger partial charge >= 0.3 is 5.76 Å².